The largest absolute Gasteiger partial charge is 0.497 e. The van der Waals surface area contributed by atoms with Crippen molar-refractivity contribution in [2.75, 3.05) is 26.0 Å². The minimum absolute atomic E-state index is 0.0306. The summed E-state index contributed by atoms with van der Waals surface area (Å²) in [6.45, 7) is 5.03. The summed E-state index contributed by atoms with van der Waals surface area (Å²) in [5.74, 6) is 2.99. The van der Waals surface area contributed by atoms with Gasteiger partial charge < -0.3 is 14.8 Å². The number of amides is 1. The van der Waals surface area contributed by atoms with Crippen molar-refractivity contribution in [3.63, 3.8) is 0 Å². The number of aryl methyl sites for hydroxylation is 2. The molecule has 0 heterocycles. The van der Waals surface area contributed by atoms with E-state index in [1.54, 1.807) is 18.9 Å². The van der Waals surface area contributed by atoms with Crippen LogP contribution in [0.5, 0.6) is 11.5 Å². The van der Waals surface area contributed by atoms with Crippen LogP contribution >= 0.6 is 11.8 Å². The van der Waals surface area contributed by atoms with Gasteiger partial charge in [-0.3, -0.25) is 4.79 Å². The minimum Gasteiger partial charge on any atom is -0.497 e. The monoisotopic (exact) mass is 359 g/mol. The predicted octanol–water partition coefficient (Wildman–Crippen LogP) is 3.74. The molecule has 0 aliphatic carbocycles. The molecule has 2 rings (SSSR count). The number of hydrogen-bond acceptors (Lipinski definition) is 4. The summed E-state index contributed by atoms with van der Waals surface area (Å²) < 4.78 is 10.9. The molecule has 0 aliphatic heterocycles. The smallest absolute Gasteiger partial charge is 0.230 e. The topological polar surface area (TPSA) is 47.6 Å². The molecule has 2 aromatic carbocycles. The number of carbonyl (C=O) groups excluding carboxylic acids is 1. The Balaban J connectivity index is 1.61. The molecule has 0 fully saturated rings. The summed E-state index contributed by atoms with van der Waals surface area (Å²) in [5, 5.41) is 2.89. The van der Waals surface area contributed by atoms with Gasteiger partial charge in [0, 0.05) is 5.75 Å². The summed E-state index contributed by atoms with van der Waals surface area (Å²) in [7, 11) is 1.65. The van der Waals surface area contributed by atoms with E-state index in [0.717, 1.165) is 22.8 Å². The zero-order chi connectivity index (χ0) is 18.1. The number of nitrogens with one attached hydrogen (secondary N) is 1. The van der Waals surface area contributed by atoms with Crippen LogP contribution in [-0.4, -0.2) is 31.9 Å². The van der Waals surface area contributed by atoms with Crippen molar-refractivity contribution in [3.05, 3.63) is 59.2 Å². The lowest BCUT2D eigenvalue weighted by Crippen LogP contribution is -2.29. The Bertz CT molecular complexity index is 686. The van der Waals surface area contributed by atoms with Crippen LogP contribution in [-0.2, 0) is 10.5 Å². The average molecular weight is 359 g/mol. The highest BCUT2D eigenvalue weighted by atomic mass is 32.2. The summed E-state index contributed by atoms with van der Waals surface area (Å²) in [5.41, 5.74) is 3.45. The highest BCUT2D eigenvalue weighted by Crippen LogP contribution is 2.19. The number of benzene rings is 2. The lowest BCUT2D eigenvalue weighted by Gasteiger charge is -2.10. The molecule has 1 N–H and O–H groups in total. The second kappa shape index (κ2) is 9.99. The van der Waals surface area contributed by atoms with Crippen molar-refractivity contribution in [1.82, 2.24) is 5.32 Å². The molecule has 2 aromatic rings. The second-order valence-corrected chi connectivity index (χ2v) is 6.79. The third-order valence-electron chi connectivity index (χ3n) is 3.69. The number of thioether (sulfide) groups is 1. The molecule has 1 amide bonds. The maximum Gasteiger partial charge on any atom is 0.230 e. The summed E-state index contributed by atoms with van der Waals surface area (Å²) in [6.07, 6.45) is 0. The fourth-order valence-electron chi connectivity index (χ4n) is 2.25. The van der Waals surface area contributed by atoms with E-state index in [2.05, 4.69) is 11.4 Å². The molecule has 0 saturated heterocycles. The van der Waals surface area contributed by atoms with Crippen molar-refractivity contribution >= 4 is 17.7 Å². The van der Waals surface area contributed by atoms with Gasteiger partial charge in [-0.1, -0.05) is 24.3 Å². The molecule has 0 aliphatic rings. The Hall–Kier alpha value is -2.14. The standard InChI is InChI=1S/C20H25NO3S/c1-15-4-5-16(2)19(12-15)24-11-10-21-20(22)14-25-13-17-6-8-18(23-3)9-7-17/h4-9,12H,10-11,13-14H2,1-3H3,(H,21,22). The van der Waals surface area contributed by atoms with Crippen LogP contribution in [0.1, 0.15) is 16.7 Å². The Labute approximate surface area is 153 Å². The summed E-state index contributed by atoms with van der Waals surface area (Å²) in [4.78, 5) is 11.9. The molecular weight excluding hydrogens is 334 g/mol. The van der Waals surface area contributed by atoms with Crippen LogP contribution in [0.2, 0.25) is 0 Å². The quantitative estimate of drug-likeness (QED) is 0.693. The average Bonchev–Trinajstić information content (AvgIpc) is 2.62. The number of rotatable bonds is 9. The van der Waals surface area contributed by atoms with Gasteiger partial charge in [0.15, 0.2) is 0 Å². The Morgan fingerprint density at radius 3 is 2.60 bits per heavy atom. The lowest BCUT2D eigenvalue weighted by atomic mass is 10.1. The van der Waals surface area contributed by atoms with Gasteiger partial charge in [-0.2, -0.15) is 0 Å². The highest BCUT2D eigenvalue weighted by Gasteiger charge is 2.03. The Morgan fingerprint density at radius 2 is 1.88 bits per heavy atom. The molecule has 0 aromatic heterocycles. The SMILES string of the molecule is COc1ccc(CSCC(=O)NCCOc2cc(C)ccc2C)cc1. The van der Waals surface area contributed by atoms with Crippen LogP contribution in [0.4, 0.5) is 0 Å². The zero-order valence-corrected chi connectivity index (χ0v) is 15.8. The molecule has 0 radical (unpaired) electrons. The van der Waals surface area contributed by atoms with E-state index in [9.17, 15) is 4.79 Å². The van der Waals surface area contributed by atoms with Crippen LogP contribution in [0.25, 0.3) is 0 Å². The molecule has 5 heteroatoms. The second-order valence-electron chi connectivity index (χ2n) is 5.81. The van der Waals surface area contributed by atoms with Gasteiger partial charge in [-0.25, -0.2) is 0 Å². The van der Waals surface area contributed by atoms with E-state index in [1.807, 2.05) is 50.2 Å². The van der Waals surface area contributed by atoms with Crippen molar-refractivity contribution in [2.24, 2.45) is 0 Å². The molecular formula is C20H25NO3S. The normalized spacial score (nSPS) is 10.4. The fourth-order valence-corrected chi connectivity index (χ4v) is 3.07. The van der Waals surface area contributed by atoms with Gasteiger partial charge in [0.25, 0.3) is 0 Å². The van der Waals surface area contributed by atoms with Gasteiger partial charge >= 0.3 is 0 Å². The van der Waals surface area contributed by atoms with E-state index < -0.39 is 0 Å². The maximum absolute atomic E-state index is 11.9. The van der Waals surface area contributed by atoms with E-state index >= 15 is 0 Å². The van der Waals surface area contributed by atoms with Crippen LogP contribution in [0.15, 0.2) is 42.5 Å². The number of ether oxygens (including phenoxy) is 2. The molecule has 4 nitrogen and oxygen atoms in total. The van der Waals surface area contributed by atoms with E-state index in [1.165, 1.54) is 11.1 Å². The number of methoxy groups -OCH3 is 1. The van der Waals surface area contributed by atoms with Crippen LogP contribution in [0, 0.1) is 13.8 Å². The fraction of sp³-hybridized carbons (Fsp3) is 0.350. The predicted molar refractivity (Wildman–Crippen MR) is 104 cm³/mol. The van der Waals surface area contributed by atoms with Gasteiger partial charge in [0.05, 0.1) is 19.4 Å². The molecule has 0 atom stereocenters. The van der Waals surface area contributed by atoms with Gasteiger partial charge in [-0.15, -0.1) is 11.8 Å². The van der Waals surface area contributed by atoms with Crippen molar-refractivity contribution in [3.8, 4) is 11.5 Å². The van der Waals surface area contributed by atoms with Gasteiger partial charge in [0.2, 0.25) is 5.91 Å². The summed E-state index contributed by atoms with van der Waals surface area (Å²) >= 11 is 1.59. The molecule has 0 unspecified atom stereocenters. The molecule has 25 heavy (non-hydrogen) atoms. The van der Waals surface area contributed by atoms with E-state index in [0.29, 0.717) is 18.9 Å². The molecule has 0 bridgehead atoms. The molecule has 0 spiro atoms. The first-order chi connectivity index (χ1) is 12.1. The van der Waals surface area contributed by atoms with Crippen molar-refractivity contribution in [1.29, 1.82) is 0 Å². The van der Waals surface area contributed by atoms with Crippen LogP contribution < -0.4 is 14.8 Å². The number of carbonyl (C=O) groups is 1. The van der Waals surface area contributed by atoms with E-state index in [-0.39, 0.29) is 5.91 Å². The van der Waals surface area contributed by atoms with Gasteiger partial charge in [-0.05, 0) is 48.7 Å². The summed E-state index contributed by atoms with van der Waals surface area (Å²) in [6, 6.07) is 14.0. The maximum atomic E-state index is 11.9. The zero-order valence-electron chi connectivity index (χ0n) is 15.0. The highest BCUT2D eigenvalue weighted by molar-refractivity contribution is 7.99. The lowest BCUT2D eigenvalue weighted by molar-refractivity contribution is -0.118. The number of hydrogen-bond donors (Lipinski definition) is 1. The minimum atomic E-state index is 0.0306. The van der Waals surface area contributed by atoms with Crippen LogP contribution in [0.3, 0.4) is 0 Å². The first-order valence-corrected chi connectivity index (χ1v) is 9.41. The first-order valence-electron chi connectivity index (χ1n) is 8.26. The molecule has 134 valence electrons. The Kier molecular flexibility index (Phi) is 7.67. The third kappa shape index (κ3) is 6.70. The van der Waals surface area contributed by atoms with Crippen molar-refractivity contribution in [2.45, 2.75) is 19.6 Å². The Morgan fingerprint density at radius 1 is 1.12 bits per heavy atom. The first kappa shape index (κ1) is 19.2. The molecule has 0 saturated carbocycles. The third-order valence-corrected chi connectivity index (χ3v) is 4.69. The van der Waals surface area contributed by atoms with Gasteiger partial charge in [0.1, 0.15) is 18.1 Å². The van der Waals surface area contributed by atoms with E-state index in [4.69, 9.17) is 9.47 Å². The van der Waals surface area contributed by atoms with Crippen molar-refractivity contribution < 1.29 is 14.3 Å².